The van der Waals surface area contributed by atoms with E-state index in [1.54, 1.807) is 0 Å². The molecule has 2 aliphatic rings. The van der Waals surface area contributed by atoms with Gasteiger partial charge in [0.05, 0.1) is 5.41 Å². The Hall–Kier alpha value is -1.75. The highest BCUT2D eigenvalue weighted by molar-refractivity contribution is 5.82. The van der Waals surface area contributed by atoms with Crippen LogP contribution in [0.4, 0.5) is 0 Å². The number of carboxylic acid groups (broad SMARTS) is 1. The zero-order valence-corrected chi connectivity index (χ0v) is 11.6. The second-order valence-electron chi connectivity index (χ2n) is 5.55. The van der Waals surface area contributed by atoms with E-state index in [4.69, 9.17) is 9.47 Å². The Labute approximate surface area is 118 Å². The summed E-state index contributed by atoms with van der Waals surface area (Å²) in [5.41, 5.74) is 0.0184. The molecular weight excluding hydrogens is 258 g/mol. The van der Waals surface area contributed by atoms with Gasteiger partial charge in [0.25, 0.3) is 0 Å². The second-order valence-corrected chi connectivity index (χ2v) is 5.55. The standard InChI is InChI=1S/C15H19NO4/c1-16-6-4-15(5-7-16,14(17)18)11-2-3-12-13(10-11)20-9-8-19-12/h2-3,10H,4-9H2,1H3,(H,17,18). The number of hydrogen-bond donors (Lipinski definition) is 1. The van der Waals surface area contributed by atoms with Crippen LogP contribution in [0, 0.1) is 0 Å². The summed E-state index contributed by atoms with van der Waals surface area (Å²) in [7, 11) is 2.02. The zero-order valence-electron chi connectivity index (χ0n) is 11.6. The van der Waals surface area contributed by atoms with Crippen molar-refractivity contribution in [3.63, 3.8) is 0 Å². The number of likely N-dealkylation sites (tertiary alicyclic amines) is 1. The number of carbonyl (C=O) groups is 1. The molecule has 0 saturated carbocycles. The Balaban J connectivity index is 1.98. The summed E-state index contributed by atoms with van der Waals surface area (Å²) in [5, 5.41) is 9.74. The molecule has 0 unspecified atom stereocenters. The Morgan fingerprint density at radius 1 is 1.20 bits per heavy atom. The summed E-state index contributed by atoms with van der Waals surface area (Å²) in [6.07, 6.45) is 1.25. The van der Waals surface area contributed by atoms with Crippen molar-refractivity contribution < 1.29 is 19.4 Å². The van der Waals surface area contributed by atoms with Gasteiger partial charge in [0, 0.05) is 0 Å². The summed E-state index contributed by atoms with van der Waals surface area (Å²) >= 11 is 0. The van der Waals surface area contributed by atoms with Crippen molar-refractivity contribution in [1.29, 1.82) is 0 Å². The first kappa shape index (κ1) is 13.2. The van der Waals surface area contributed by atoms with Crippen molar-refractivity contribution in [3.05, 3.63) is 23.8 Å². The molecule has 0 atom stereocenters. The summed E-state index contributed by atoms with van der Waals surface area (Å²) in [5.74, 6) is 0.615. The van der Waals surface area contributed by atoms with Gasteiger partial charge < -0.3 is 19.5 Å². The first-order valence-electron chi connectivity index (χ1n) is 6.94. The summed E-state index contributed by atoms with van der Waals surface area (Å²) in [6.45, 7) is 2.64. The van der Waals surface area contributed by atoms with E-state index in [1.807, 2.05) is 25.2 Å². The van der Waals surface area contributed by atoms with E-state index in [1.165, 1.54) is 0 Å². The fourth-order valence-electron chi connectivity index (χ4n) is 2.97. The van der Waals surface area contributed by atoms with Crippen LogP contribution in [0.5, 0.6) is 11.5 Å². The predicted octanol–water partition coefficient (Wildman–Crippen LogP) is 1.51. The van der Waals surface area contributed by atoms with E-state index in [0.717, 1.165) is 18.7 Å². The molecule has 0 amide bonds. The van der Waals surface area contributed by atoms with Gasteiger partial charge >= 0.3 is 5.97 Å². The first-order valence-corrected chi connectivity index (χ1v) is 6.94. The van der Waals surface area contributed by atoms with Crippen LogP contribution < -0.4 is 9.47 Å². The highest BCUT2D eigenvalue weighted by atomic mass is 16.6. The second kappa shape index (κ2) is 4.98. The van der Waals surface area contributed by atoms with Gasteiger partial charge in [-0.2, -0.15) is 0 Å². The molecule has 1 N–H and O–H groups in total. The number of hydrogen-bond acceptors (Lipinski definition) is 4. The van der Waals surface area contributed by atoms with E-state index in [-0.39, 0.29) is 0 Å². The lowest BCUT2D eigenvalue weighted by Crippen LogP contribution is -2.46. The van der Waals surface area contributed by atoms with Crippen LogP contribution in [0.1, 0.15) is 18.4 Å². The third-order valence-electron chi connectivity index (χ3n) is 4.34. The number of carboxylic acids is 1. The van der Waals surface area contributed by atoms with Gasteiger partial charge in [-0.15, -0.1) is 0 Å². The number of aliphatic carboxylic acids is 1. The average molecular weight is 277 g/mol. The molecule has 0 aromatic heterocycles. The summed E-state index contributed by atoms with van der Waals surface area (Å²) in [6, 6.07) is 5.54. The smallest absolute Gasteiger partial charge is 0.314 e. The largest absolute Gasteiger partial charge is 0.486 e. The van der Waals surface area contributed by atoms with Gasteiger partial charge in [-0.3, -0.25) is 4.79 Å². The number of benzene rings is 1. The van der Waals surface area contributed by atoms with Crippen LogP contribution in [0.25, 0.3) is 0 Å². The van der Waals surface area contributed by atoms with E-state index < -0.39 is 11.4 Å². The quantitative estimate of drug-likeness (QED) is 0.888. The predicted molar refractivity (Wildman–Crippen MR) is 73.5 cm³/mol. The number of rotatable bonds is 2. The summed E-state index contributed by atoms with van der Waals surface area (Å²) in [4.78, 5) is 14.0. The number of piperidine rings is 1. The molecule has 5 heteroatoms. The molecule has 1 aromatic carbocycles. The molecule has 0 aliphatic carbocycles. The molecule has 0 bridgehead atoms. The number of ether oxygens (including phenoxy) is 2. The lowest BCUT2D eigenvalue weighted by atomic mass is 9.73. The molecule has 3 rings (SSSR count). The highest BCUT2D eigenvalue weighted by Crippen LogP contribution is 2.40. The first-order chi connectivity index (χ1) is 9.62. The van der Waals surface area contributed by atoms with Crippen LogP contribution in [0.2, 0.25) is 0 Å². The van der Waals surface area contributed by atoms with Gasteiger partial charge in [0.15, 0.2) is 11.5 Å². The fourth-order valence-corrected chi connectivity index (χ4v) is 2.97. The third kappa shape index (κ3) is 2.12. The van der Waals surface area contributed by atoms with Crippen molar-refractivity contribution in [2.24, 2.45) is 0 Å². The molecule has 1 aromatic rings. The van der Waals surface area contributed by atoms with Crippen molar-refractivity contribution >= 4 is 5.97 Å². The van der Waals surface area contributed by atoms with E-state index >= 15 is 0 Å². The van der Waals surface area contributed by atoms with Crippen LogP contribution in [-0.4, -0.2) is 49.3 Å². The van der Waals surface area contributed by atoms with Crippen molar-refractivity contribution in [2.45, 2.75) is 18.3 Å². The SMILES string of the molecule is CN1CCC(C(=O)O)(c2ccc3c(c2)OCCO3)CC1. The molecule has 0 radical (unpaired) electrons. The van der Waals surface area contributed by atoms with E-state index in [9.17, 15) is 9.90 Å². The van der Waals surface area contributed by atoms with Crippen molar-refractivity contribution in [1.82, 2.24) is 4.90 Å². The molecular formula is C15H19NO4. The van der Waals surface area contributed by atoms with Crippen LogP contribution in [0.15, 0.2) is 18.2 Å². The van der Waals surface area contributed by atoms with Gasteiger partial charge in [-0.1, -0.05) is 6.07 Å². The molecule has 1 saturated heterocycles. The lowest BCUT2D eigenvalue weighted by molar-refractivity contribution is -0.145. The van der Waals surface area contributed by atoms with Gasteiger partial charge in [-0.05, 0) is 50.7 Å². The lowest BCUT2D eigenvalue weighted by Gasteiger charge is -2.38. The molecule has 108 valence electrons. The minimum Gasteiger partial charge on any atom is -0.486 e. The zero-order chi connectivity index (χ0) is 14.2. The number of fused-ring (bicyclic) bond motifs is 1. The Kier molecular flexibility index (Phi) is 3.30. The number of nitrogens with zero attached hydrogens (tertiary/aromatic N) is 1. The van der Waals surface area contributed by atoms with Crippen LogP contribution >= 0.6 is 0 Å². The Morgan fingerprint density at radius 2 is 1.85 bits per heavy atom. The minimum absolute atomic E-state index is 0.513. The Bertz CT molecular complexity index is 521. The van der Waals surface area contributed by atoms with Gasteiger partial charge in [-0.25, -0.2) is 0 Å². The molecule has 2 aliphatic heterocycles. The van der Waals surface area contributed by atoms with Crippen molar-refractivity contribution in [3.8, 4) is 11.5 Å². The minimum atomic E-state index is -0.803. The monoisotopic (exact) mass is 277 g/mol. The molecule has 2 heterocycles. The highest BCUT2D eigenvalue weighted by Gasteiger charge is 2.43. The maximum Gasteiger partial charge on any atom is 0.314 e. The van der Waals surface area contributed by atoms with Gasteiger partial charge in [0.1, 0.15) is 13.2 Å². The van der Waals surface area contributed by atoms with Crippen LogP contribution in [-0.2, 0) is 10.2 Å². The molecule has 5 nitrogen and oxygen atoms in total. The average Bonchev–Trinajstić information content (AvgIpc) is 2.47. The maximum absolute atomic E-state index is 11.9. The Morgan fingerprint density at radius 3 is 2.50 bits per heavy atom. The normalized spacial score (nSPS) is 21.4. The molecule has 1 fully saturated rings. The topological polar surface area (TPSA) is 59.0 Å². The maximum atomic E-state index is 11.9. The fraction of sp³-hybridized carbons (Fsp3) is 0.533. The third-order valence-corrected chi connectivity index (χ3v) is 4.34. The van der Waals surface area contributed by atoms with Gasteiger partial charge in [0.2, 0.25) is 0 Å². The molecule has 0 spiro atoms. The van der Waals surface area contributed by atoms with E-state index in [0.29, 0.717) is 37.6 Å². The molecule has 20 heavy (non-hydrogen) atoms. The van der Waals surface area contributed by atoms with E-state index in [2.05, 4.69) is 4.90 Å². The van der Waals surface area contributed by atoms with Crippen molar-refractivity contribution in [2.75, 3.05) is 33.4 Å². The summed E-state index contributed by atoms with van der Waals surface area (Å²) < 4.78 is 11.1. The van der Waals surface area contributed by atoms with Crippen LogP contribution in [0.3, 0.4) is 0 Å².